The second-order valence-corrected chi connectivity index (χ2v) is 7.57. The number of benzene rings is 1. The molecule has 164 valence electrons. The molecule has 11 heteroatoms. The van der Waals surface area contributed by atoms with Gasteiger partial charge in [0, 0.05) is 22.2 Å². The number of rotatable bonds is 4. The maximum Gasteiger partial charge on any atom is 0.416 e. The minimum Gasteiger partial charge on any atom is -0.294 e. The van der Waals surface area contributed by atoms with E-state index in [1.165, 1.54) is 25.1 Å². The average Bonchev–Trinajstić information content (AvgIpc) is 3.19. The van der Waals surface area contributed by atoms with E-state index in [9.17, 15) is 31.1 Å². The Hall–Kier alpha value is -3.52. The molecule has 2 aromatic heterocycles. The first kappa shape index (κ1) is 23.1. The zero-order valence-corrected chi connectivity index (χ0v) is 16.9. The molecule has 0 radical (unpaired) electrons. The normalized spacial score (nSPS) is 12.5. The van der Waals surface area contributed by atoms with E-state index in [4.69, 9.17) is 5.26 Å². The summed E-state index contributed by atoms with van der Waals surface area (Å²) in [6.45, 7) is 1.28. The number of nitriles is 1. The van der Waals surface area contributed by atoms with Crippen molar-refractivity contribution in [3.8, 4) is 17.5 Å². The lowest BCUT2D eigenvalue weighted by Gasteiger charge is -2.13. The summed E-state index contributed by atoms with van der Waals surface area (Å²) >= 11 is 1.05. The molecule has 0 saturated heterocycles. The van der Waals surface area contributed by atoms with Crippen LogP contribution in [0.5, 0.6) is 0 Å². The van der Waals surface area contributed by atoms with Crippen molar-refractivity contribution in [3.63, 3.8) is 0 Å². The molecule has 2 heterocycles. The van der Waals surface area contributed by atoms with Crippen molar-refractivity contribution < 1.29 is 31.1 Å². The number of alkyl halides is 6. The Bertz CT molecular complexity index is 1220. The number of aromatic nitrogens is 2. The summed E-state index contributed by atoms with van der Waals surface area (Å²) in [4.78, 5) is 20.7. The largest absolute Gasteiger partial charge is 0.416 e. The average molecular weight is 467 g/mol. The number of allylic oxidation sites excluding steroid dienone is 1. The van der Waals surface area contributed by atoms with Crippen LogP contribution in [0.3, 0.4) is 0 Å². The molecule has 4 nitrogen and oxygen atoms in total. The van der Waals surface area contributed by atoms with Gasteiger partial charge in [-0.05, 0) is 49.4 Å². The van der Waals surface area contributed by atoms with Crippen LogP contribution in [0.25, 0.3) is 23.0 Å². The Morgan fingerprint density at radius 2 is 1.66 bits per heavy atom. The van der Waals surface area contributed by atoms with E-state index >= 15 is 0 Å². The molecule has 0 atom stereocenters. The molecule has 0 aliphatic heterocycles. The highest BCUT2D eigenvalue weighted by atomic mass is 32.1. The Morgan fingerprint density at radius 3 is 2.16 bits per heavy atom. The molecule has 1 aromatic carbocycles. The summed E-state index contributed by atoms with van der Waals surface area (Å²) in [7, 11) is 0. The Balaban J connectivity index is 2.12. The first-order valence-corrected chi connectivity index (χ1v) is 9.56. The van der Waals surface area contributed by atoms with Gasteiger partial charge in [-0.1, -0.05) is 0 Å². The molecule has 0 bridgehead atoms. The molecular weight excluding hydrogens is 456 g/mol. The fraction of sp³-hybridized carbons (Fsp3) is 0.143. The minimum atomic E-state index is -5.01. The third kappa shape index (κ3) is 5.20. The SMILES string of the molecule is CC(=O)/C(=C/c1ccnc(-c2cc(C(F)(F)F)cc(C(F)(F)F)c2)n1)c1ccc(C#N)s1. The maximum absolute atomic E-state index is 13.1. The highest BCUT2D eigenvalue weighted by Crippen LogP contribution is 2.38. The van der Waals surface area contributed by atoms with Gasteiger partial charge in [-0.25, -0.2) is 9.97 Å². The first-order chi connectivity index (χ1) is 14.9. The number of thiophene rings is 1. The van der Waals surface area contributed by atoms with Crippen LogP contribution in [0.4, 0.5) is 26.3 Å². The lowest BCUT2D eigenvalue weighted by molar-refractivity contribution is -0.143. The summed E-state index contributed by atoms with van der Waals surface area (Å²) in [5.74, 6) is -0.739. The predicted octanol–water partition coefficient (Wildman–Crippen LogP) is 6.24. The molecule has 0 N–H and O–H groups in total. The van der Waals surface area contributed by atoms with Gasteiger partial charge < -0.3 is 0 Å². The molecule has 0 saturated carbocycles. The number of hydrogen-bond acceptors (Lipinski definition) is 5. The minimum absolute atomic E-state index is 0.0185. The van der Waals surface area contributed by atoms with Crippen LogP contribution in [-0.4, -0.2) is 15.8 Å². The third-order valence-electron chi connectivity index (χ3n) is 4.18. The summed E-state index contributed by atoms with van der Waals surface area (Å²) in [5, 5.41) is 8.96. The van der Waals surface area contributed by atoms with E-state index in [0.29, 0.717) is 21.9 Å². The summed E-state index contributed by atoms with van der Waals surface area (Å²) in [6, 6.07) is 7.44. The van der Waals surface area contributed by atoms with E-state index in [-0.39, 0.29) is 28.9 Å². The highest BCUT2D eigenvalue weighted by Gasteiger charge is 2.37. The van der Waals surface area contributed by atoms with Gasteiger partial charge in [0.25, 0.3) is 0 Å². The van der Waals surface area contributed by atoms with Crippen molar-refractivity contribution in [1.82, 2.24) is 9.97 Å². The first-order valence-electron chi connectivity index (χ1n) is 8.74. The molecule has 0 spiro atoms. The van der Waals surface area contributed by atoms with Crippen LogP contribution in [0.1, 0.15) is 33.5 Å². The van der Waals surface area contributed by atoms with Gasteiger partial charge in [0.15, 0.2) is 11.6 Å². The summed E-state index contributed by atoms with van der Waals surface area (Å²) in [6.07, 6.45) is -7.52. The van der Waals surface area contributed by atoms with Crippen LogP contribution in [0.15, 0.2) is 42.6 Å². The van der Waals surface area contributed by atoms with Gasteiger partial charge in [0.1, 0.15) is 10.9 Å². The van der Waals surface area contributed by atoms with E-state index < -0.39 is 29.0 Å². The van der Waals surface area contributed by atoms with Gasteiger partial charge in [0.05, 0.1) is 16.8 Å². The topological polar surface area (TPSA) is 66.6 Å². The van der Waals surface area contributed by atoms with Crippen LogP contribution in [0, 0.1) is 11.3 Å². The van der Waals surface area contributed by atoms with Gasteiger partial charge >= 0.3 is 12.4 Å². The van der Waals surface area contributed by atoms with Crippen molar-refractivity contribution >= 4 is 28.8 Å². The monoisotopic (exact) mass is 467 g/mol. The van der Waals surface area contributed by atoms with Crippen LogP contribution >= 0.6 is 11.3 Å². The second kappa shape index (κ2) is 8.55. The van der Waals surface area contributed by atoms with Gasteiger partial charge in [-0.15, -0.1) is 11.3 Å². The van der Waals surface area contributed by atoms with Crippen molar-refractivity contribution in [2.24, 2.45) is 0 Å². The molecular formula is C21H11F6N3OS. The third-order valence-corrected chi connectivity index (χ3v) is 5.20. The fourth-order valence-electron chi connectivity index (χ4n) is 2.71. The smallest absolute Gasteiger partial charge is 0.294 e. The second-order valence-electron chi connectivity index (χ2n) is 6.49. The van der Waals surface area contributed by atoms with Crippen LogP contribution < -0.4 is 0 Å². The van der Waals surface area contributed by atoms with E-state index in [2.05, 4.69) is 9.97 Å². The predicted molar refractivity (Wildman–Crippen MR) is 105 cm³/mol. The Kier molecular flexibility index (Phi) is 6.18. The molecule has 32 heavy (non-hydrogen) atoms. The number of carbonyl (C=O) groups is 1. The molecule has 0 unspecified atom stereocenters. The highest BCUT2D eigenvalue weighted by molar-refractivity contribution is 7.14. The number of Topliss-reactive ketones (excluding diaryl/α,β-unsaturated/α-hetero) is 1. The van der Waals surface area contributed by atoms with Gasteiger partial charge in [-0.2, -0.15) is 31.6 Å². The van der Waals surface area contributed by atoms with E-state index in [0.717, 1.165) is 17.5 Å². The number of nitrogens with zero attached hydrogens (tertiary/aromatic N) is 3. The molecule has 3 rings (SSSR count). The van der Waals surface area contributed by atoms with Crippen molar-refractivity contribution in [2.75, 3.05) is 0 Å². The zero-order valence-electron chi connectivity index (χ0n) is 16.0. The number of carbonyl (C=O) groups excluding carboxylic acids is 1. The zero-order chi connectivity index (χ0) is 23.7. The maximum atomic E-state index is 13.1. The molecule has 0 aliphatic carbocycles. The number of halogens is 6. The van der Waals surface area contributed by atoms with Crippen LogP contribution in [-0.2, 0) is 17.1 Å². The van der Waals surface area contributed by atoms with Crippen molar-refractivity contribution in [2.45, 2.75) is 19.3 Å². The summed E-state index contributed by atoms with van der Waals surface area (Å²) < 4.78 is 78.8. The fourth-order valence-corrected chi connectivity index (χ4v) is 3.58. The quantitative estimate of drug-likeness (QED) is 0.336. The van der Waals surface area contributed by atoms with Crippen molar-refractivity contribution in [3.05, 3.63) is 69.2 Å². The molecule has 3 aromatic rings. The lowest BCUT2D eigenvalue weighted by Crippen LogP contribution is -2.11. The van der Waals surface area contributed by atoms with Gasteiger partial charge in [0.2, 0.25) is 0 Å². The summed E-state index contributed by atoms with van der Waals surface area (Å²) in [5.41, 5.74) is -3.17. The van der Waals surface area contributed by atoms with Crippen LogP contribution in [0.2, 0.25) is 0 Å². The lowest BCUT2D eigenvalue weighted by atomic mass is 10.0. The van der Waals surface area contributed by atoms with Gasteiger partial charge in [-0.3, -0.25) is 4.79 Å². The Labute approximate surface area is 181 Å². The van der Waals surface area contributed by atoms with E-state index in [1.807, 2.05) is 6.07 Å². The number of ketones is 1. The van der Waals surface area contributed by atoms with E-state index in [1.54, 1.807) is 6.07 Å². The Morgan fingerprint density at radius 1 is 1.03 bits per heavy atom. The van der Waals surface area contributed by atoms with Crippen molar-refractivity contribution in [1.29, 1.82) is 5.26 Å². The molecule has 0 fully saturated rings. The molecule has 0 amide bonds. The standard InChI is InChI=1S/C21H11F6N3OS/c1-11(31)17(18-3-2-16(10-28)32-18)9-15-4-5-29-19(30-15)12-6-13(20(22,23)24)8-14(7-12)21(25,26)27/h2-9H,1H3/b17-9-. The number of hydrogen-bond donors (Lipinski definition) is 0. The molecule has 0 aliphatic rings.